The van der Waals surface area contributed by atoms with Gasteiger partial charge in [0.05, 0.1) is 13.2 Å². The van der Waals surface area contributed by atoms with Gasteiger partial charge in [-0.25, -0.2) is 0 Å². The molecule has 0 aromatic heterocycles. The van der Waals surface area contributed by atoms with Crippen LogP contribution in [0.5, 0.6) is 0 Å². The highest BCUT2D eigenvalue weighted by Gasteiger charge is 2.15. The highest BCUT2D eigenvalue weighted by molar-refractivity contribution is 6.30. The molecule has 0 amide bonds. The highest BCUT2D eigenvalue weighted by atomic mass is 35.5. The van der Waals surface area contributed by atoms with Gasteiger partial charge in [0.15, 0.2) is 5.78 Å². The molecule has 0 aliphatic rings. The summed E-state index contributed by atoms with van der Waals surface area (Å²) in [5, 5.41) is 0.618. The highest BCUT2D eigenvalue weighted by Crippen LogP contribution is 2.12. The summed E-state index contributed by atoms with van der Waals surface area (Å²) in [5.74, 6) is 0.466. The summed E-state index contributed by atoms with van der Waals surface area (Å²) in [6, 6.07) is 6.82. The largest absolute Gasteiger partial charge is 0.379 e. The average Bonchev–Trinajstić information content (AvgIpc) is 2.37. The molecular formula is C15H21ClO3. The summed E-state index contributed by atoms with van der Waals surface area (Å²) in [6.45, 7) is 7.58. The number of carbonyl (C=O) groups is 1. The first-order valence-electron chi connectivity index (χ1n) is 6.50. The Morgan fingerprint density at radius 1 is 1.16 bits per heavy atom. The van der Waals surface area contributed by atoms with Crippen molar-refractivity contribution in [3.05, 3.63) is 34.9 Å². The van der Waals surface area contributed by atoms with E-state index >= 15 is 0 Å². The molecular weight excluding hydrogens is 264 g/mol. The third-order valence-corrected chi connectivity index (χ3v) is 2.80. The van der Waals surface area contributed by atoms with Gasteiger partial charge in [0, 0.05) is 17.2 Å². The van der Waals surface area contributed by atoms with E-state index in [9.17, 15) is 4.79 Å². The van der Waals surface area contributed by atoms with Gasteiger partial charge in [0.25, 0.3) is 0 Å². The molecule has 0 heterocycles. The molecule has 0 saturated carbocycles. The van der Waals surface area contributed by atoms with E-state index in [-0.39, 0.29) is 5.78 Å². The van der Waals surface area contributed by atoms with Crippen LogP contribution in [0.4, 0.5) is 0 Å². The van der Waals surface area contributed by atoms with Gasteiger partial charge in [0.1, 0.15) is 6.10 Å². The quantitative estimate of drug-likeness (QED) is 0.540. The smallest absolute Gasteiger partial charge is 0.191 e. The molecule has 0 radical (unpaired) electrons. The number of ether oxygens (including phenoxy) is 2. The van der Waals surface area contributed by atoms with Crippen molar-refractivity contribution in [3.63, 3.8) is 0 Å². The molecule has 0 aliphatic carbocycles. The van der Waals surface area contributed by atoms with Crippen molar-refractivity contribution in [3.8, 4) is 0 Å². The first-order valence-corrected chi connectivity index (χ1v) is 6.87. The number of hydrogen-bond acceptors (Lipinski definition) is 3. The SMILES string of the molecule is CC(C)COCCOC(C)C(=O)c1ccc(Cl)cc1. The number of carbonyl (C=O) groups excluding carboxylic acids is 1. The van der Waals surface area contributed by atoms with Crippen molar-refractivity contribution in [2.24, 2.45) is 5.92 Å². The van der Waals surface area contributed by atoms with Gasteiger partial charge < -0.3 is 9.47 Å². The van der Waals surface area contributed by atoms with Crippen molar-refractivity contribution < 1.29 is 14.3 Å². The molecule has 19 heavy (non-hydrogen) atoms. The molecule has 1 atom stereocenters. The van der Waals surface area contributed by atoms with E-state index in [0.29, 0.717) is 36.3 Å². The second kappa shape index (κ2) is 8.31. The Bertz CT molecular complexity index is 387. The lowest BCUT2D eigenvalue weighted by atomic mass is 10.1. The van der Waals surface area contributed by atoms with Crippen molar-refractivity contribution in [1.82, 2.24) is 0 Å². The molecule has 0 bridgehead atoms. The van der Waals surface area contributed by atoms with Crippen LogP contribution in [0.3, 0.4) is 0 Å². The van der Waals surface area contributed by atoms with E-state index in [1.165, 1.54) is 0 Å². The van der Waals surface area contributed by atoms with Gasteiger partial charge in [-0.1, -0.05) is 25.4 Å². The third kappa shape index (κ3) is 6.19. The summed E-state index contributed by atoms with van der Waals surface area (Å²) in [4.78, 5) is 12.0. The van der Waals surface area contributed by atoms with Gasteiger partial charge in [-0.3, -0.25) is 4.79 Å². The van der Waals surface area contributed by atoms with Gasteiger partial charge >= 0.3 is 0 Å². The van der Waals surface area contributed by atoms with Crippen LogP contribution < -0.4 is 0 Å². The minimum absolute atomic E-state index is 0.0412. The molecule has 0 spiro atoms. The van der Waals surface area contributed by atoms with Crippen LogP contribution in [0.1, 0.15) is 31.1 Å². The number of halogens is 1. The lowest BCUT2D eigenvalue weighted by Gasteiger charge is -2.13. The van der Waals surface area contributed by atoms with Crippen molar-refractivity contribution >= 4 is 17.4 Å². The fourth-order valence-corrected chi connectivity index (χ4v) is 1.65. The number of ketones is 1. The van der Waals surface area contributed by atoms with E-state index < -0.39 is 6.10 Å². The van der Waals surface area contributed by atoms with Crippen molar-refractivity contribution in [1.29, 1.82) is 0 Å². The summed E-state index contributed by atoms with van der Waals surface area (Å²) >= 11 is 5.78. The minimum atomic E-state index is -0.469. The lowest BCUT2D eigenvalue weighted by Crippen LogP contribution is -2.23. The van der Waals surface area contributed by atoms with Crippen LogP contribution >= 0.6 is 11.6 Å². The summed E-state index contributed by atoms with van der Waals surface area (Å²) in [7, 11) is 0. The second-order valence-corrected chi connectivity index (χ2v) is 5.29. The summed E-state index contributed by atoms with van der Waals surface area (Å²) in [5.41, 5.74) is 0.611. The number of benzene rings is 1. The maximum Gasteiger partial charge on any atom is 0.191 e. The molecule has 3 nitrogen and oxygen atoms in total. The Hall–Kier alpha value is -0.900. The summed E-state index contributed by atoms with van der Waals surface area (Å²) < 4.78 is 10.9. The molecule has 1 aromatic rings. The Balaban J connectivity index is 2.31. The molecule has 0 aliphatic heterocycles. The van der Waals surface area contributed by atoms with E-state index in [4.69, 9.17) is 21.1 Å². The first kappa shape index (κ1) is 16.2. The van der Waals surface area contributed by atoms with Crippen molar-refractivity contribution in [2.75, 3.05) is 19.8 Å². The Morgan fingerprint density at radius 3 is 2.37 bits per heavy atom. The molecule has 4 heteroatoms. The zero-order valence-electron chi connectivity index (χ0n) is 11.7. The minimum Gasteiger partial charge on any atom is -0.379 e. The normalized spacial score (nSPS) is 12.7. The standard InChI is InChI=1S/C15H21ClO3/c1-11(2)10-18-8-9-19-12(3)15(17)13-4-6-14(16)7-5-13/h4-7,11-12H,8-10H2,1-3H3. The molecule has 0 N–H and O–H groups in total. The van der Waals surface area contributed by atoms with E-state index in [1.54, 1.807) is 31.2 Å². The fourth-order valence-electron chi connectivity index (χ4n) is 1.53. The fraction of sp³-hybridized carbons (Fsp3) is 0.533. The predicted octanol–water partition coefficient (Wildman–Crippen LogP) is 3.60. The third-order valence-electron chi connectivity index (χ3n) is 2.54. The van der Waals surface area contributed by atoms with E-state index in [2.05, 4.69) is 13.8 Å². The van der Waals surface area contributed by atoms with Gasteiger partial charge in [0.2, 0.25) is 0 Å². The lowest BCUT2D eigenvalue weighted by molar-refractivity contribution is 0.00970. The van der Waals surface area contributed by atoms with Gasteiger partial charge in [-0.05, 0) is 37.1 Å². The van der Waals surface area contributed by atoms with Crippen LogP contribution in [0, 0.1) is 5.92 Å². The number of hydrogen-bond donors (Lipinski definition) is 0. The maximum atomic E-state index is 12.0. The molecule has 0 saturated heterocycles. The van der Waals surface area contributed by atoms with Crippen LogP contribution in [-0.2, 0) is 9.47 Å². The maximum absolute atomic E-state index is 12.0. The van der Waals surface area contributed by atoms with Gasteiger partial charge in [-0.15, -0.1) is 0 Å². The zero-order chi connectivity index (χ0) is 14.3. The van der Waals surface area contributed by atoms with E-state index in [1.807, 2.05) is 0 Å². The average molecular weight is 285 g/mol. The van der Waals surface area contributed by atoms with Crippen LogP contribution in [0.25, 0.3) is 0 Å². The molecule has 1 unspecified atom stereocenters. The molecule has 1 rings (SSSR count). The molecule has 1 aromatic carbocycles. The topological polar surface area (TPSA) is 35.5 Å². The summed E-state index contributed by atoms with van der Waals surface area (Å²) in [6.07, 6.45) is -0.469. The second-order valence-electron chi connectivity index (χ2n) is 4.85. The zero-order valence-corrected chi connectivity index (χ0v) is 12.4. The number of Topliss-reactive ketones (excluding diaryl/α,β-unsaturated/α-hetero) is 1. The molecule has 106 valence electrons. The Kier molecular flexibility index (Phi) is 7.06. The Morgan fingerprint density at radius 2 is 1.79 bits per heavy atom. The monoisotopic (exact) mass is 284 g/mol. The van der Waals surface area contributed by atoms with Crippen LogP contribution in [0.15, 0.2) is 24.3 Å². The first-order chi connectivity index (χ1) is 9.00. The van der Waals surface area contributed by atoms with E-state index in [0.717, 1.165) is 0 Å². The van der Waals surface area contributed by atoms with Crippen LogP contribution in [-0.4, -0.2) is 31.7 Å². The predicted molar refractivity (Wildman–Crippen MR) is 76.9 cm³/mol. The number of rotatable bonds is 8. The van der Waals surface area contributed by atoms with Crippen LogP contribution in [0.2, 0.25) is 5.02 Å². The van der Waals surface area contributed by atoms with Crippen molar-refractivity contribution in [2.45, 2.75) is 26.9 Å². The van der Waals surface area contributed by atoms with Gasteiger partial charge in [-0.2, -0.15) is 0 Å². The Labute approximate surface area is 119 Å². The molecule has 0 fully saturated rings.